The van der Waals surface area contributed by atoms with E-state index in [0.717, 1.165) is 37.9 Å². The molecule has 1 saturated carbocycles. The SMILES string of the molecule is COC(=O)CCCOC[C@H]1CC[C@@H](COCCNC(=O)[C@H]2CC(=O)N(C)[C@@H]2c2cccnc2)CC1. The Morgan fingerprint density at radius 3 is 2.43 bits per heavy atom. The number of amides is 2. The van der Waals surface area contributed by atoms with E-state index in [1.807, 2.05) is 12.1 Å². The number of nitrogens with zero attached hydrogens (tertiary/aromatic N) is 2. The van der Waals surface area contributed by atoms with Gasteiger partial charge < -0.3 is 24.4 Å². The second-order valence-electron chi connectivity index (χ2n) is 9.55. The summed E-state index contributed by atoms with van der Waals surface area (Å²) in [6.07, 6.45) is 9.20. The molecule has 0 aromatic carbocycles. The van der Waals surface area contributed by atoms with Crippen molar-refractivity contribution in [2.45, 2.75) is 51.0 Å². The van der Waals surface area contributed by atoms with E-state index in [1.54, 1.807) is 24.3 Å². The molecule has 0 bridgehead atoms. The van der Waals surface area contributed by atoms with Crippen LogP contribution < -0.4 is 5.32 Å². The standard InChI is InChI=1S/C26H39N3O6/c1-29-23(30)15-22(25(29)21-5-3-11-27-16-21)26(32)28-12-14-35-18-20-9-7-19(8-10-20)17-34-13-4-6-24(31)33-2/h3,5,11,16,19-20,22,25H,4,6-10,12-15,17-18H2,1-2H3,(H,28,32)/t19-,20+,22-,25+/m0/s1. The van der Waals surface area contributed by atoms with Crippen molar-refractivity contribution in [1.82, 2.24) is 15.2 Å². The van der Waals surface area contributed by atoms with Crippen LogP contribution >= 0.6 is 0 Å². The molecule has 2 atom stereocenters. The van der Waals surface area contributed by atoms with Crippen LogP contribution in [0.25, 0.3) is 0 Å². The summed E-state index contributed by atoms with van der Waals surface area (Å²) >= 11 is 0. The molecule has 0 radical (unpaired) electrons. The van der Waals surface area contributed by atoms with Gasteiger partial charge in [-0.25, -0.2) is 0 Å². The molecule has 0 spiro atoms. The van der Waals surface area contributed by atoms with Gasteiger partial charge in [0, 0.05) is 58.6 Å². The van der Waals surface area contributed by atoms with Crippen molar-refractivity contribution < 1.29 is 28.6 Å². The zero-order valence-corrected chi connectivity index (χ0v) is 20.9. The summed E-state index contributed by atoms with van der Waals surface area (Å²) in [6.45, 7) is 2.94. The molecule has 1 aromatic heterocycles. The Bertz CT molecular complexity index is 813. The fourth-order valence-electron chi connectivity index (χ4n) is 4.97. The molecular weight excluding hydrogens is 450 g/mol. The van der Waals surface area contributed by atoms with Gasteiger partial charge in [0.1, 0.15) is 0 Å². The Kier molecular flexibility index (Phi) is 10.9. The first-order valence-electron chi connectivity index (χ1n) is 12.6. The van der Waals surface area contributed by atoms with Gasteiger partial charge >= 0.3 is 5.97 Å². The maximum atomic E-state index is 12.8. The highest BCUT2D eigenvalue weighted by Crippen LogP contribution is 2.36. The lowest BCUT2D eigenvalue weighted by atomic mass is 9.83. The summed E-state index contributed by atoms with van der Waals surface area (Å²) in [5.74, 6) is 0.351. The third-order valence-electron chi connectivity index (χ3n) is 7.07. The number of nitrogens with one attached hydrogen (secondary N) is 1. The van der Waals surface area contributed by atoms with Crippen LogP contribution in [0.2, 0.25) is 0 Å². The van der Waals surface area contributed by atoms with Gasteiger partial charge in [0.25, 0.3) is 0 Å². The first-order valence-corrected chi connectivity index (χ1v) is 12.6. The third-order valence-corrected chi connectivity index (χ3v) is 7.07. The number of pyridine rings is 1. The molecule has 1 N–H and O–H groups in total. The Hall–Kier alpha value is -2.52. The van der Waals surface area contributed by atoms with Gasteiger partial charge in [0.2, 0.25) is 11.8 Å². The highest BCUT2D eigenvalue weighted by molar-refractivity contribution is 5.90. The van der Waals surface area contributed by atoms with E-state index in [-0.39, 0.29) is 30.2 Å². The summed E-state index contributed by atoms with van der Waals surface area (Å²) in [7, 11) is 3.14. The zero-order chi connectivity index (χ0) is 25.0. The van der Waals surface area contributed by atoms with Crippen LogP contribution in [0.15, 0.2) is 24.5 Å². The van der Waals surface area contributed by atoms with E-state index >= 15 is 0 Å². The zero-order valence-electron chi connectivity index (χ0n) is 20.9. The van der Waals surface area contributed by atoms with Crippen molar-refractivity contribution in [1.29, 1.82) is 0 Å². The van der Waals surface area contributed by atoms with Crippen molar-refractivity contribution in [3.8, 4) is 0 Å². The topological polar surface area (TPSA) is 107 Å². The normalized spacial score (nSPS) is 24.4. The minimum absolute atomic E-state index is 0.0301. The van der Waals surface area contributed by atoms with E-state index in [2.05, 4.69) is 15.0 Å². The largest absolute Gasteiger partial charge is 0.469 e. The summed E-state index contributed by atoms with van der Waals surface area (Å²) in [5.41, 5.74) is 0.874. The molecule has 194 valence electrons. The van der Waals surface area contributed by atoms with E-state index in [4.69, 9.17) is 9.47 Å². The lowest BCUT2D eigenvalue weighted by Crippen LogP contribution is -2.36. The van der Waals surface area contributed by atoms with Crippen molar-refractivity contribution >= 4 is 17.8 Å². The van der Waals surface area contributed by atoms with Crippen LogP contribution in [0.3, 0.4) is 0 Å². The molecule has 1 aliphatic heterocycles. The molecule has 2 fully saturated rings. The third kappa shape index (κ3) is 8.28. The van der Waals surface area contributed by atoms with Gasteiger partial charge in [-0.2, -0.15) is 0 Å². The van der Waals surface area contributed by atoms with Crippen LogP contribution in [0.1, 0.15) is 56.6 Å². The Balaban J connectivity index is 1.26. The van der Waals surface area contributed by atoms with E-state index in [1.165, 1.54) is 7.11 Å². The van der Waals surface area contributed by atoms with Crippen LogP contribution in [0.4, 0.5) is 0 Å². The summed E-state index contributed by atoms with van der Waals surface area (Å²) in [5, 5.41) is 2.95. The van der Waals surface area contributed by atoms with Crippen molar-refractivity contribution in [3.05, 3.63) is 30.1 Å². The minimum atomic E-state index is -0.422. The quantitative estimate of drug-likeness (QED) is 0.335. The first kappa shape index (κ1) is 27.1. The van der Waals surface area contributed by atoms with Crippen LogP contribution in [0.5, 0.6) is 0 Å². The fraction of sp³-hybridized carbons (Fsp3) is 0.692. The van der Waals surface area contributed by atoms with E-state index < -0.39 is 5.92 Å². The van der Waals surface area contributed by atoms with Crippen LogP contribution in [0, 0.1) is 17.8 Å². The summed E-state index contributed by atoms with van der Waals surface area (Å²) in [4.78, 5) is 41.9. The van der Waals surface area contributed by atoms with Gasteiger partial charge in [-0.05, 0) is 55.6 Å². The van der Waals surface area contributed by atoms with Crippen molar-refractivity contribution in [3.63, 3.8) is 0 Å². The molecule has 2 heterocycles. The summed E-state index contributed by atoms with van der Waals surface area (Å²) in [6, 6.07) is 3.44. The maximum Gasteiger partial charge on any atom is 0.305 e. The van der Waals surface area contributed by atoms with Gasteiger partial charge in [-0.15, -0.1) is 0 Å². The molecule has 3 rings (SSSR count). The number of methoxy groups -OCH3 is 1. The van der Waals surface area contributed by atoms with E-state index in [0.29, 0.717) is 51.0 Å². The Labute approximate surface area is 207 Å². The number of carbonyl (C=O) groups excluding carboxylic acids is 3. The average Bonchev–Trinajstić information content (AvgIpc) is 3.18. The average molecular weight is 490 g/mol. The molecule has 1 aromatic rings. The van der Waals surface area contributed by atoms with Gasteiger partial charge in [-0.3, -0.25) is 19.4 Å². The lowest BCUT2D eigenvalue weighted by Gasteiger charge is -2.28. The highest BCUT2D eigenvalue weighted by Gasteiger charge is 2.42. The number of hydrogen-bond donors (Lipinski definition) is 1. The maximum absolute atomic E-state index is 12.8. The molecule has 35 heavy (non-hydrogen) atoms. The van der Waals surface area contributed by atoms with Gasteiger partial charge in [0.15, 0.2) is 0 Å². The second-order valence-corrected chi connectivity index (χ2v) is 9.55. The number of esters is 1. The van der Waals surface area contributed by atoms with E-state index in [9.17, 15) is 14.4 Å². The highest BCUT2D eigenvalue weighted by atomic mass is 16.5. The molecule has 9 nitrogen and oxygen atoms in total. The number of rotatable bonds is 13. The van der Waals surface area contributed by atoms with Gasteiger partial charge in [0.05, 0.1) is 25.7 Å². The van der Waals surface area contributed by atoms with Crippen molar-refractivity contribution in [2.24, 2.45) is 17.8 Å². The first-order chi connectivity index (χ1) is 17.0. The minimum Gasteiger partial charge on any atom is -0.469 e. The number of aromatic nitrogens is 1. The number of carbonyl (C=O) groups is 3. The molecule has 0 unspecified atom stereocenters. The molecular formula is C26H39N3O6. The predicted octanol–water partition coefficient (Wildman–Crippen LogP) is 2.51. The molecule has 9 heteroatoms. The molecule has 2 amide bonds. The Morgan fingerprint density at radius 2 is 1.80 bits per heavy atom. The summed E-state index contributed by atoms with van der Waals surface area (Å²) < 4.78 is 16.2. The predicted molar refractivity (Wildman–Crippen MR) is 129 cm³/mol. The van der Waals surface area contributed by atoms with Crippen LogP contribution in [-0.2, 0) is 28.6 Å². The van der Waals surface area contributed by atoms with Gasteiger partial charge in [-0.1, -0.05) is 6.07 Å². The van der Waals surface area contributed by atoms with Crippen molar-refractivity contribution in [2.75, 3.05) is 47.1 Å². The molecule has 2 aliphatic rings. The lowest BCUT2D eigenvalue weighted by molar-refractivity contribution is -0.141. The molecule has 1 aliphatic carbocycles. The smallest absolute Gasteiger partial charge is 0.305 e. The molecule has 1 saturated heterocycles. The fourth-order valence-corrected chi connectivity index (χ4v) is 4.97. The number of hydrogen-bond acceptors (Lipinski definition) is 7. The van der Waals surface area contributed by atoms with Crippen LogP contribution in [-0.4, -0.2) is 74.8 Å². The number of likely N-dealkylation sites (tertiary alicyclic amines) is 1. The monoisotopic (exact) mass is 489 g/mol. The number of ether oxygens (including phenoxy) is 3. The Morgan fingerprint density at radius 1 is 1.11 bits per heavy atom. The second kappa shape index (κ2) is 14.1.